The Kier molecular flexibility index (Phi) is 7.17. The average molecular weight is 367 g/mol. The summed E-state index contributed by atoms with van der Waals surface area (Å²) in [4.78, 5) is 11.7. The number of ether oxygens (including phenoxy) is 1. The van der Waals surface area contributed by atoms with Crippen LogP contribution in [0.3, 0.4) is 0 Å². The van der Waals surface area contributed by atoms with Crippen molar-refractivity contribution in [3.05, 3.63) is 71.3 Å². The molecule has 0 aliphatic rings. The van der Waals surface area contributed by atoms with Gasteiger partial charge in [-0.15, -0.1) is 0 Å². The van der Waals surface area contributed by atoms with Gasteiger partial charge in [0.2, 0.25) is 0 Å². The van der Waals surface area contributed by atoms with E-state index in [0.717, 1.165) is 17.7 Å². The van der Waals surface area contributed by atoms with E-state index in [1.54, 1.807) is 0 Å². The van der Waals surface area contributed by atoms with Gasteiger partial charge in [-0.1, -0.05) is 42.5 Å². The normalized spacial score (nSPS) is 12.6. The third-order valence-corrected chi connectivity index (χ3v) is 3.67. The average Bonchev–Trinajstić information content (AvgIpc) is 2.61. The van der Waals surface area contributed by atoms with Crippen LogP contribution in [0.1, 0.15) is 22.8 Å². The molecule has 1 atom stereocenters. The molecular weight excluding hydrogens is 347 g/mol. The molecule has 0 spiro atoms. The van der Waals surface area contributed by atoms with Crippen LogP contribution in [-0.4, -0.2) is 30.8 Å². The van der Waals surface area contributed by atoms with Crippen LogP contribution in [-0.2, 0) is 22.1 Å². The number of rotatable bonds is 8. The molecule has 0 radical (unpaired) electrons. The molecule has 0 fully saturated rings. The number of carbonyl (C=O) groups is 1. The zero-order valence-corrected chi connectivity index (χ0v) is 14.0. The van der Waals surface area contributed by atoms with E-state index in [1.165, 1.54) is 12.1 Å². The Hall–Kier alpha value is -2.38. The predicted octanol–water partition coefficient (Wildman–Crippen LogP) is 3.11. The number of hydrogen-bond acceptors (Lipinski definition) is 4. The van der Waals surface area contributed by atoms with Gasteiger partial charge in [-0.05, 0) is 23.3 Å². The molecule has 0 aliphatic carbocycles. The molecule has 0 aromatic heterocycles. The number of aliphatic hydroxyl groups is 1. The van der Waals surface area contributed by atoms with Gasteiger partial charge in [0.1, 0.15) is 6.61 Å². The molecule has 0 heterocycles. The maximum absolute atomic E-state index is 12.7. The number of aliphatic hydroxyl groups excluding tert-OH is 1. The molecule has 0 saturated heterocycles. The van der Waals surface area contributed by atoms with Crippen molar-refractivity contribution in [2.75, 3.05) is 19.7 Å². The highest BCUT2D eigenvalue weighted by atomic mass is 19.4. The summed E-state index contributed by atoms with van der Waals surface area (Å²) in [5.41, 5.74) is 0.225. The van der Waals surface area contributed by atoms with Crippen LogP contribution in [0.5, 0.6) is 0 Å². The topological polar surface area (TPSA) is 58.6 Å². The number of nitrogens with one attached hydrogen (secondary N) is 1. The van der Waals surface area contributed by atoms with Crippen molar-refractivity contribution in [3.8, 4) is 0 Å². The molecular formula is C19H20F3NO3. The monoisotopic (exact) mass is 367 g/mol. The van der Waals surface area contributed by atoms with Crippen LogP contribution in [0.25, 0.3) is 0 Å². The van der Waals surface area contributed by atoms with Crippen molar-refractivity contribution >= 4 is 5.97 Å². The minimum absolute atomic E-state index is 0.0531. The molecule has 7 heteroatoms. The summed E-state index contributed by atoms with van der Waals surface area (Å²) in [5, 5.41) is 12.8. The third-order valence-electron chi connectivity index (χ3n) is 3.67. The lowest BCUT2D eigenvalue weighted by Gasteiger charge is -2.14. The lowest BCUT2D eigenvalue weighted by molar-refractivity contribution is -0.142. The van der Waals surface area contributed by atoms with Crippen LogP contribution < -0.4 is 5.32 Å². The number of esters is 1. The van der Waals surface area contributed by atoms with E-state index in [-0.39, 0.29) is 37.6 Å². The second-order valence-electron chi connectivity index (χ2n) is 5.73. The van der Waals surface area contributed by atoms with Crippen molar-refractivity contribution in [2.45, 2.75) is 18.7 Å². The molecule has 0 amide bonds. The van der Waals surface area contributed by atoms with Crippen molar-refractivity contribution in [1.29, 1.82) is 0 Å². The fraction of sp³-hybridized carbons (Fsp3) is 0.316. The van der Waals surface area contributed by atoms with Crippen molar-refractivity contribution < 1.29 is 27.8 Å². The van der Waals surface area contributed by atoms with Gasteiger partial charge >= 0.3 is 12.1 Å². The Labute approximate surface area is 149 Å². The zero-order chi connectivity index (χ0) is 19.0. The molecule has 140 valence electrons. The predicted molar refractivity (Wildman–Crippen MR) is 90.4 cm³/mol. The summed E-state index contributed by atoms with van der Waals surface area (Å²) in [6.07, 6.45) is -5.36. The van der Waals surface area contributed by atoms with E-state index in [4.69, 9.17) is 4.74 Å². The molecule has 26 heavy (non-hydrogen) atoms. The Bertz CT molecular complexity index is 705. The van der Waals surface area contributed by atoms with E-state index in [1.807, 2.05) is 30.3 Å². The maximum Gasteiger partial charge on any atom is 0.416 e. The maximum atomic E-state index is 12.7. The number of halogens is 3. The fourth-order valence-corrected chi connectivity index (χ4v) is 2.33. The Morgan fingerprint density at radius 1 is 1.12 bits per heavy atom. The summed E-state index contributed by atoms with van der Waals surface area (Å²) in [5.74, 6) is -0.364. The van der Waals surface area contributed by atoms with Crippen LogP contribution in [0.4, 0.5) is 13.2 Å². The summed E-state index contributed by atoms with van der Waals surface area (Å²) >= 11 is 0. The Morgan fingerprint density at radius 3 is 2.54 bits per heavy atom. The van der Waals surface area contributed by atoms with Gasteiger partial charge in [-0.25, -0.2) is 0 Å². The molecule has 2 aromatic carbocycles. The number of carbonyl (C=O) groups excluding carboxylic acids is 1. The first-order valence-electron chi connectivity index (χ1n) is 8.12. The largest absolute Gasteiger partial charge is 0.464 e. The van der Waals surface area contributed by atoms with Crippen LogP contribution in [0, 0.1) is 0 Å². The number of hydrogen-bond donors (Lipinski definition) is 2. The molecule has 2 N–H and O–H groups in total. The lowest BCUT2D eigenvalue weighted by Crippen LogP contribution is -2.26. The van der Waals surface area contributed by atoms with Crippen molar-refractivity contribution in [1.82, 2.24) is 5.32 Å². The second-order valence-corrected chi connectivity index (χ2v) is 5.73. The van der Waals surface area contributed by atoms with E-state index >= 15 is 0 Å². The van der Waals surface area contributed by atoms with Crippen LogP contribution in [0.2, 0.25) is 0 Å². The van der Waals surface area contributed by atoms with Gasteiger partial charge in [0.05, 0.1) is 18.1 Å². The van der Waals surface area contributed by atoms with Gasteiger partial charge < -0.3 is 15.2 Å². The second kappa shape index (κ2) is 9.35. The fourth-order valence-electron chi connectivity index (χ4n) is 2.33. The summed E-state index contributed by atoms with van der Waals surface area (Å²) < 4.78 is 43.1. The molecule has 4 nitrogen and oxygen atoms in total. The molecule has 2 aromatic rings. The minimum atomic E-state index is -4.45. The molecule has 1 unspecified atom stereocenters. The Balaban J connectivity index is 1.69. The van der Waals surface area contributed by atoms with E-state index in [0.29, 0.717) is 0 Å². The highest BCUT2D eigenvalue weighted by Crippen LogP contribution is 2.30. The summed E-state index contributed by atoms with van der Waals surface area (Å²) in [6, 6.07) is 13.7. The number of alkyl halides is 3. The first-order valence-corrected chi connectivity index (χ1v) is 8.12. The first-order chi connectivity index (χ1) is 12.4. The van der Waals surface area contributed by atoms with Crippen LogP contribution >= 0.6 is 0 Å². The first kappa shape index (κ1) is 19.9. The van der Waals surface area contributed by atoms with Crippen molar-refractivity contribution in [3.63, 3.8) is 0 Å². The standard InChI is InChI=1S/C19H20F3NO3/c20-19(21,22)16-8-4-7-15(12-16)17(24)13-23-9-10-26-18(25)11-14-5-2-1-3-6-14/h1-8,12,17,23-24H,9-11,13H2. The van der Waals surface area contributed by atoms with Crippen molar-refractivity contribution in [2.24, 2.45) is 0 Å². The van der Waals surface area contributed by atoms with Gasteiger partial charge in [-0.3, -0.25) is 4.79 Å². The van der Waals surface area contributed by atoms with E-state index in [9.17, 15) is 23.1 Å². The van der Waals surface area contributed by atoms with E-state index < -0.39 is 17.8 Å². The molecule has 0 bridgehead atoms. The molecule has 0 aliphatic heterocycles. The van der Waals surface area contributed by atoms with Gasteiger partial charge in [0, 0.05) is 13.1 Å². The minimum Gasteiger partial charge on any atom is -0.464 e. The highest BCUT2D eigenvalue weighted by Gasteiger charge is 2.30. The van der Waals surface area contributed by atoms with Gasteiger partial charge in [0.25, 0.3) is 0 Å². The van der Waals surface area contributed by atoms with Crippen LogP contribution in [0.15, 0.2) is 54.6 Å². The summed E-state index contributed by atoms with van der Waals surface area (Å²) in [6.45, 7) is 0.453. The lowest BCUT2D eigenvalue weighted by atomic mass is 10.1. The number of benzene rings is 2. The van der Waals surface area contributed by atoms with Gasteiger partial charge in [-0.2, -0.15) is 13.2 Å². The Morgan fingerprint density at radius 2 is 1.85 bits per heavy atom. The smallest absolute Gasteiger partial charge is 0.416 e. The molecule has 0 saturated carbocycles. The zero-order valence-electron chi connectivity index (χ0n) is 14.0. The summed E-state index contributed by atoms with van der Waals surface area (Å²) in [7, 11) is 0. The third kappa shape index (κ3) is 6.50. The molecule has 2 rings (SSSR count). The quantitative estimate of drug-likeness (QED) is 0.556. The highest BCUT2D eigenvalue weighted by molar-refractivity contribution is 5.72. The SMILES string of the molecule is O=C(Cc1ccccc1)OCCNCC(O)c1cccc(C(F)(F)F)c1. The van der Waals surface area contributed by atoms with E-state index in [2.05, 4.69) is 5.32 Å². The van der Waals surface area contributed by atoms with Gasteiger partial charge in [0.15, 0.2) is 0 Å².